The van der Waals surface area contributed by atoms with Crippen LogP contribution in [0.25, 0.3) is 5.57 Å². The third-order valence-corrected chi connectivity index (χ3v) is 2.25. The molecule has 0 bridgehead atoms. The summed E-state index contributed by atoms with van der Waals surface area (Å²) in [6.45, 7) is 9.14. The summed E-state index contributed by atoms with van der Waals surface area (Å²) >= 11 is 0. The highest BCUT2D eigenvalue weighted by Gasteiger charge is 2.15. The normalized spacial score (nSPS) is 11.9. The van der Waals surface area contributed by atoms with Gasteiger partial charge >= 0.3 is 5.97 Å². The van der Waals surface area contributed by atoms with E-state index in [0.717, 1.165) is 16.7 Å². The lowest BCUT2D eigenvalue weighted by molar-refractivity contribution is -0.144. The molecule has 0 saturated carbocycles. The molecule has 3 heteroatoms. The van der Waals surface area contributed by atoms with Crippen molar-refractivity contribution >= 4 is 11.5 Å². The van der Waals surface area contributed by atoms with E-state index in [4.69, 9.17) is 9.84 Å². The fourth-order valence-corrected chi connectivity index (χ4v) is 1.32. The van der Waals surface area contributed by atoms with Gasteiger partial charge in [-0.25, -0.2) is 4.79 Å². The molecule has 1 unspecified atom stereocenters. The van der Waals surface area contributed by atoms with Crippen LogP contribution in [0.4, 0.5) is 0 Å². The zero-order valence-corrected chi connectivity index (χ0v) is 9.78. The summed E-state index contributed by atoms with van der Waals surface area (Å²) in [5.74, 6) is -0.406. The maximum Gasteiger partial charge on any atom is 0.344 e. The van der Waals surface area contributed by atoms with E-state index in [1.165, 1.54) is 6.92 Å². The maximum absolute atomic E-state index is 10.7. The second-order valence-electron chi connectivity index (χ2n) is 3.88. The van der Waals surface area contributed by atoms with Gasteiger partial charge in [0, 0.05) is 5.56 Å². The summed E-state index contributed by atoms with van der Waals surface area (Å²) in [6, 6.07) is 5.66. The fourth-order valence-electron chi connectivity index (χ4n) is 1.32. The van der Waals surface area contributed by atoms with Crippen LogP contribution in [0.3, 0.4) is 0 Å². The summed E-state index contributed by atoms with van der Waals surface area (Å²) in [6.07, 6.45) is -0.861. The number of hydrogen-bond acceptors (Lipinski definition) is 2. The molecule has 1 atom stereocenters. The summed E-state index contributed by atoms with van der Waals surface area (Å²) in [4.78, 5) is 10.7. The number of carboxylic acid groups (broad SMARTS) is 1. The Bertz CT molecular complexity index is 421. The predicted molar refractivity (Wildman–Crippen MR) is 63.6 cm³/mol. The third kappa shape index (κ3) is 2.86. The molecule has 86 valence electrons. The zero-order chi connectivity index (χ0) is 12.3. The van der Waals surface area contributed by atoms with Gasteiger partial charge in [-0.2, -0.15) is 0 Å². The van der Waals surface area contributed by atoms with Crippen molar-refractivity contribution in [2.24, 2.45) is 0 Å². The van der Waals surface area contributed by atoms with E-state index in [1.54, 1.807) is 0 Å². The van der Waals surface area contributed by atoms with Gasteiger partial charge in [0.1, 0.15) is 5.75 Å². The number of benzene rings is 1. The standard InChI is InChI=1S/C13H16O3/c1-8(2)11-6-5-9(3)7-12(11)16-10(4)13(14)15/h5-7,10H,1H2,2-4H3,(H,14,15). The molecular formula is C13H16O3. The first-order valence-corrected chi connectivity index (χ1v) is 5.08. The molecule has 0 aliphatic rings. The topological polar surface area (TPSA) is 46.5 Å². The molecule has 0 aliphatic heterocycles. The lowest BCUT2D eigenvalue weighted by Gasteiger charge is -2.15. The molecule has 1 aromatic rings. The average molecular weight is 220 g/mol. The first-order valence-electron chi connectivity index (χ1n) is 5.08. The summed E-state index contributed by atoms with van der Waals surface area (Å²) in [5, 5.41) is 8.79. The number of ether oxygens (including phenoxy) is 1. The Morgan fingerprint density at radius 1 is 1.50 bits per heavy atom. The van der Waals surface area contributed by atoms with Gasteiger partial charge in [0.2, 0.25) is 0 Å². The number of hydrogen-bond donors (Lipinski definition) is 1. The monoisotopic (exact) mass is 220 g/mol. The minimum atomic E-state index is -0.978. The van der Waals surface area contributed by atoms with Crippen LogP contribution < -0.4 is 4.74 Å². The Labute approximate surface area is 95.4 Å². The first-order chi connectivity index (χ1) is 7.41. The Kier molecular flexibility index (Phi) is 3.72. The predicted octanol–water partition coefficient (Wildman–Crippen LogP) is 2.88. The Morgan fingerprint density at radius 3 is 2.62 bits per heavy atom. The molecule has 0 radical (unpaired) electrons. The lowest BCUT2D eigenvalue weighted by atomic mass is 10.1. The van der Waals surface area contributed by atoms with Crippen LogP contribution in [0.1, 0.15) is 25.0 Å². The molecule has 1 aromatic carbocycles. The first kappa shape index (κ1) is 12.3. The van der Waals surface area contributed by atoms with Gasteiger partial charge in [-0.3, -0.25) is 0 Å². The van der Waals surface area contributed by atoms with Gasteiger partial charge in [0.25, 0.3) is 0 Å². The number of rotatable bonds is 4. The smallest absolute Gasteiger partial charge is 0.344 e. The quantitative estimate of drug-likeness (QED) is 0.848. The summed E-state index contributed by atoms with van der Waals surface area (Å²) in [7, 11) is 0. The molecule has 16 heavy (non-hydrogen) atoms. The third-order valence-electron chi connectivity index (χ3n) is 2.25. The van der Waals surface area contributed by atoms with Crippen molar-refractivity contribution in [2.45, 2.75) is 26.9 Å². The van der Waals surface area contributed by atoms with Crippen LogP contribution >= 0.6 is 0 Å². The van der Waals surface area contributed by atoms with Crippen molar-refractivity contribution < 1.29 is 14.6 Å². The van der Waals surface area contributed by atoms with E-state index < -0.39 is 12.1 Å². The van der Waals surface area contributed by atoms with E-state index in [0.29, 0.717) is 5.75 Å². The molecule has 0 heterocycles. The van der Waals surface area contributed by atoms with Gasteiger partial charge < -0.3 is 9.84 Å². The van der Waals surface area contributed by atoms with Gasteiger partial charge in [-0.15, -0.1) is 0 Å². The Hall–Kier alpha value is -1.77. The van der Waals surface area contributed by atoms with Crippen molar-refractivity contribution in [3.8, 4) is 5.75 Å². The second kappa shape index (κ2) is 4.84. The van der Waals surface area contributed by atoms with Gasteiger partial charge in [0.15, 0.2) is 6.10 Å². The molecule has 0 spiro atoms. The van der Waals surface area contributed by atoms with Crippen LogP contribution in [0, 0.1) is 6.92 Å². The molecule has 0 amide bonds. The average Bonchev–Trinajstić information content (AvgIpc) is 2.16. The summed E-state index contributed by atoms with van der Waals surface area (Å²) < 4.78 is 5.39. The van der Waals surface area contributed by atoms with E-state index in [2.05, 4.69) is 6.58 Å². The molecule has 0 saturated heterocycles. The SMILES string of the molecule is C=C(C)c1ccc(C)cc1OC(C)C(=O)O. The van der Waals surface area contributed by atoms with E-state index >= 15 is 0 Å². The van der Waals surface area contributed by atoms with E-state index in [1.807, 2.05) is 32.0 Å². The number of allylic oxidation sites excluding steroid dienone is 1. The van der Waals surface area contributed by atoms with Crippen LogP contribution in [0.15, 0.2) is 24.8 Å². The molecule has 0 aliphatic carbocycles. The minimum absolute atomic E-state index is 0.572. The highest BCUT2D eigenvalue weighted by Crippen LogP contribution is 2.26. The highest BCUT2D eigenvalue weighted by molar-refractivity contribution is 5.73. The minimum Gasteiger partial charge on any atom is -0.479 e. The van der Waals surface area contributed by atoms with Crippen LogP contribution in [0.2, 0.25) is 0 Å². The van der Waals surface area contributed by atoms with Gasteiger partial charge in [-0.05, 0) is 38.0 Å². The van der Waals surface area contributed by atoms with Gasteiger partial charge in [-0.1, -0.05) is 18.7 Å². The molecule has 1 rings (SSSR count). The van der Waals surface area contributed by atoms with Crippen molar-refractivity contribution in [3.05, 3.63) is 35.9 Å². The zero-order valence-electron chi connectivity index (χ0n) is 9.78. The number of aryl methyl sites for hydroxylation is 1. The van der Waals surface area contributed by atoms with Crippen molar-refractivity contribution in [3.63, 3.8) is 0 Å². The second-order valence-corrected chi connectivity index (χ2v) is 3.88. The molecule has 0 aromatic heterocycles. The maximum atomic E-state index is 10.7. The number of carboxylic acids is 1. The molecule has 3 nitrogen and oxygen atoms in total. The molecule has 1 N–H and O–H groups in total. The van der Waals surface area contributed by atoms with Crippen molar-refractivity contribution in [1.82, 2.24) is 0 Å². The van der Waals surface area contributed by atoms with E-state index in [-0.39, 0.29) is 0 Å². The van der Waals surface area contributed by atoms with Crippen molar-refractivity contribution in [2.75, 3.05) is 0 Å². The number of aliphatic carboxylic acids is 1. The van der Waals surface area contributed by atoms with Crippen LogP contribution in [-0.2, 0) is 4.79 Å². The van der Waals surface area contributed by atoms with Crippen LogP contribution in [0.5, 0.6) is 5.75 Å². The highest BCUT2D eigenvalue weighted by atomic mass is 16.5. The lowest BCUT2D eigenvalue weighted by Crippen LogP contribution is -2.23. The van der Waals surface area contributed by atoms with Crippen LogP contribution in [-0.4, -0.2) is 17.2 Å². The molecule has 0 fully saturated rings. The Balaban J connectivity index is 3.05. The van der Waals surface area contributed by atoms with Gasteiger partial charge in [0.05, 0.1) is 0 Å². The fraction of sp³-hybridized carbons (Fsp3) is 0.308. The Morgan fingerprint density at radius 2 is 2.12 bits per heavy atom. The summed E-state index contributed by atoms with van der Waals surface area (Å²) in [5.41, 5.74) is 2.73. The van der Waals surface area contributed by atoms with E-state index in [9.17, 15) is 4.79 Å². The largest absolute Gasteiger partial charge is 0.479 e. The number of carbonyl (C=O) groups is 1. The molecular weight excluding hydrogens is 204 g/mol. The van der Waals surface area contributed by atoms with Crippen molar-refractivity contribution in [1.29, 1.82) is 0 Å².